The van der Waals surface area contributed by atoms with Gasteiger partial charge in [0, 0.05) is 23.8 Å². The van der Waals surface area contributed by atoms with Gasteiger partial charge in [-0.25, -0.2) is 4.98 Å². The lowest BCUT2D eigenvalue weighted by Gasteiger charge is -2.08. The Morgan fingerprint density at radius 1 is 1.11 bits per heavy atom. The minimum atomic E-state index is -0.505. The zero-order valence-electron chi connectivity index (χ0n) is 15.0. The highest BCUT2D eigenvalue weighted by atomic mass is 16.6. The first kappa shape index (κ1) is 18.8. The molecule has 1 amide bonds. The minimum absolute atomic E-state index is 0.0854. The molecule has 0 fully saturated rings. The number of amides is 1. The summed E-state index contributed by atoms with van der Waals surface area (Å²) in [6, 6.07) is 16.5. The van der Waals surface area contributed by atoms with Crippen LogP contribution >= 0.6 is 0 Å². The molecule has 2 aromatic carbocycles. The average molecular weight is 379 g/mol. The van der Waals surface area contributed by atoms with Crippen LogP contribution in [0.2, 0.25) is 0 Å². The monoisotopic (exact) mass is 379 g/mol. The van der Waals surface area contributed by atoms with Crippen LogP contribution in [-0.4, -0.2) is 22.9 Å². The Morgan fingerprint density at radius 3 is 2.61 bits per heavy atom. The normalized spacial score (nSPS) is 10.2. The van der Waals surface area contributed by atoms with E-state index in [0.29, 0.717) is 28.6 Å². The fourth-order valence-corrected chi connectivity index (χ4v) is 2.52. The molecule has 1 aromatic heterocycles. The predicted octanol–water partition coefficient (Wildman–Crippen LogP) is 3.97. The minimum Gasteiger partial charge on any atom is -0.497 e. The molecule has 0 atom stereocenters. The number of anilines is 1. The molecule has 0 aliphatic carbocycles. The van der Waals surface area contributed by atoms with Crippen molar-refractivity contribution in [3.8, 4) is 17.4 Å². The maximum absolute atomic E-state index is 12.2. The van der Waals surface area contributed by atoms with Crippen LogP contribution in [0.25, 0.3) is 0 Å². The van der Waals surface area contributed by atoms with Gasteiger partial charge in [0.25, 0.3) is 5.69 Å². The summed E-state index contributed by atoms with van der Waals surface area (Å²) in [5.74, 6) is 1.21. The SMILES string of the molecule is COc1cccc(Oc2ccc(NC(=O)Cc3ccccc3[N+](=O)[O-])cn2)c1. The third kappa shape index (κ3) is 4.82. The lowest BCUT2D eigenvalue weighted by atomic mass is 10.1. The maximum atomic E-state index is 12.2. The molecule has 8 heteroatoms. The van der Waals surface area contributed by atoms with E-state index < -0.39 is 4.92 Å². The zero-order chi connectivity index (χ0) is 19.9. The molecule has 1 N–H and O–H groups in total. The molecule has 3 aromatic rings. The van der Waals surface area contributed by atoms with E-state index >= 15 is 0 Å². The Labute approximate surface area is 160 Å². The van der Waals surface area contributed by atoms with Crippen LogP contribution in [0.1, 0.15) is 5.56 Å². The number of carbonyl (C=O) groups excluding carboxylic acids is 1. The van der Waals surface area contributed by atoms with Gasteiger partial charge in [0.15, 0.2) is 0 Å². The van der Waals surface area contributed by atoms with E-state index in [9.17, 15) is 14.9 Å². The molecule has 1 heterocycles. The van der Waals surface area contributed by atoms with Crippen LogP contribution in [0, 0.1) is 10.1 Å². The summed E-state index contributed by atoms with van der Waals surface area (Å²) < 4.78 is 10.8. The summed E-state index contributed by atoms with van der Waals surface area (Å²) in [4.78, 5) is 26.9. The van der Waals surface area contributed by atoms with E-state index in [4.69, 9.17) is 9.47 Å². The van der Waals surface area contributed by atoms with E-state index in [1.54, 1.807) is 61.7 Å². The van der Waals surface area contributed by atoms with Crippen molar-refractivity contribution in [3.63, 3.8) is 0 Å². The molecule has 8 nitrogen and oxygen atoms in total. The van der Waals surface area contributed by atoms with Crippen LogP contribution in [-0.2, 0) is 11.2 Å². The summed E-state index contributed by atoms with van der Waals surface area (Å²) >= 11 is 0. The standard InChI is InChI=1S/C20H17N3O5/c1-27-16-6-4-7-17(12-16)28-20-10-9-15(13-21-20)22-19(24)11-14-5-2-3-8-18(14)23(25)26/h2-10,12-13H,11H2,1H3,(H,22,24). The van der Waals surface area contributed by atoms with E-state index in [1.807, 2.05) is 0 Å². The first-order chi connectivity index (χ1) is 13.5. The number of benzene rings is 2. The van der Waals surface area contributed by atoms with Crippen molar-refractivity contribution < 1.29 is 19.2 Å². The lowest BCUT2D eigenvalue weighted by Crippen LogP contribution is -2.15. The van der Waals surface area contributed by atoms with E-state index in [-0.39, 0.29) is 18.0 Å². The molecule has 0 spiro atoms. The third-order valence-electron chi connectivity index (χ3n) is 3.82. The Balaban J connectivity index is 1.62. The fourth-order valence-electron chi connectivity index (χ4n) is 2.52. The van der Waals surface area contributed by atoms with Crippen molar-refractivity contribution in [2.45, 2.75) is 6.42 Å². The number of aromatic nitrogens is 1. The second-order valence-electron chi connectivity index (χ2n) is 5.78. The Morgan fingerprint density at radius 2 is 1.89 bits per heavy atom. The molecule has 0 radical (unpaired) electrons. The lowest BCUT2D eigenvalue weighted by molar-refractivity contribution is -0.385. The fraction of sp³-hybridized carbons (Fsp3) is 0.100. The highest BCUT2D eigenvalue weighted by molar-refractivity contribution is 5.92. The molecule has 0 saturated carbocycles. The largest absolute Gasteiger partial charge is 0.497 e. The number of nitrogens with zero attached hydrogens (tertiary/aromatic N) is 2. The van der Waals surface area contributed by atoms with Gasteiger partial charge in [-0.1, -0.05) is 24.3 Å². The number of nitro groups is 1. The van der Waals surface area contributed by atoms with Gasteiger partial charge in [0.1, 0.15) is 11.5 Å². The molecular weight excluding hydrogens is 362 g/mol. The first-order valence-electron chi connectivity index (χ1n) is 8.35. The van der Waals surface area contributed by atoms with Crippen molar-refractivity contribution >= 4 is 17.3 Å². The maximum Gasteiger partial charge on any atom is 0.273 e. The van der Waals surface area contributed by atoms with Gasteiger partial charge in [-0.15, -0.1) is 0 Å². The molecule has 142 valence electrons. The first-order valence-corrected chi connectivity index (χ1v) is 8.35. The van der Waals surface area contributed by atoms with E-state index in [1.165, 1.54) is 12.3 Å². The van der Waals surface area contributed by atoms with Crippen LogP contribution in [0.15, 0.2) is 66.9 Å². The third-order valence-corrected chi connectivity index (χ3v) is 3.82. The number of pyridine rings is 1. The molecule has 0 aliphatic rings. The number of hydrogen-bond acceptors (Lipinski definition) is 6. The molecule has 0 unspecified atom stereocenters. The molecule has 0 saturated heterocycles. The molecule has 28 heavy (non-hydrogen) atoms. The summed E-state index contributed by atoms with van der Waals surface area (Å²) in [6.45, 7) is 0. The highest BCUT2D eigenvalue weighted by Crippen LogP contribution is 2.24. The topological polar surface area (TPSA) is 104 Å². The van der Waals surface area contributed by atoms with Gasteiger partial charge in [0.2, 0.25) is 11.8 Å². The number of nitro benzene ring substituents is 1. The molecule has 3 rings (SSSR count). The van der Waals surface area contributed by atoms with Gasteiger partial charge in [0.05, 0.1) is 30.3 Å². The predicted molar refractivity (Wildman–Crippen MR) is 103 cm³/mol. The van der Waals surface area contributed by atoms with Crippen LogP contribution in [0.4, 0.5) is 11.4 Å². The Bertz CT molecular complexity index is 989. The zero-order valence-corrected chi connectivity index (χ0v) is 15.0. The van der Waals surface area contributed by atoms with Gasteiger partial charge < -0.3 is 14.8 Å². The molecule has 0 bridgehead atoms. The number of methoxy groups -OCH3 is 1. The second kappa shape index (κ2) is 8.63. The number of rotatable bonds is 7. The van der Waals surface area contributed by atoms with Crippen LogP contribution in [0.5, 0.6) is 17.4 Å². The second-order valence-corrected chi connectivity index (χ2v) is 5.78. The smallest absolute Gasteiger partial charge is 0.273 e. The van der Waals surface area contributed by atoms with Crippen molar-refractivity contribution in [3.05, 3.63) is 82.5 Å². The van der Waals surface area contributed by atoms with Crippen LogP contribution in [0.3, 0.4) is 0 Å². The number of para-hydroxylation sites is 1. The number of nitrogens with one attached hydrogen (secondary N) is 1. The van der Waals surface area contributed by atoms with Gasteiger partial charge in [-0.3, -0.25) is 14.9 Å². The van der Waals surface area contributed by atoms with Crippen molar-refractivity contribution in [2.24, 2.45) is 0 Å². The van der Waals surface area contributed by atoms with Crippen molar-refractivity contribution in [1.29, 1.82) is 0 Å². The van der Waals surface area contributed by atoms with Gasteiger partial charge in [-0.2, -0.15) is 0 Å². The summed E-state index contributed by atoms with van der Waals surface area (Å²) in [6.07, 6.45) is 1.34. The van der Waals surface area contributed by atoms with Crippen LogP contribution < -0.4 is 14.8 Å². The van der Waals surface area contributed by atoms with E-state index in [2.05, 4.69) is 10.3 Å². The number of carbonyl (C=O) groups is 1. The Kier molecular flexibility index (Phi) is 5.81. The van der Waals surface area contributed by atoms with Gasteiger partial charge >= 0.3 is 0 Å². The van der Waals surface area contributed by atoms with E-state index in [0.717, 1.165) is 0 Å². The average Bonchev–Trinajstić information content (AvgIpc) is 2.70. The summed E-state index contributed by atoms with van der Waals surface area (Å²) in [5, 5.41) is 13.7. The number of hydrogen-bond donors (Lipinski definition) is 1. The van der Waals surface area contributed by atoms with Gasteiger partial charge in [-0.05, 0) is 18.2 Å². The Hall–Kier alpha value is -3.94. The summed E-state index contributed by atoms with van der Waals surface area (Å²) in [5.41, 5.74) is 0.718. The molecule has 0 aliphatic heterocycles. The molecular formula is C20H17N3O5. The number of ether oxygens (including phenoxy) is 2. The van der Waals surface area contributed by atoms with Crippen molar-refractivity contribution in [2.75, 3.05) is 12.4 Å². The quantitative estimate of drug-likeness (QED) is 0.492. The summed E-state index contributed by atoms with van der Waals surface area (Å²) in [7, 11) is 1.57. The highest BCUT2D eigenvalue weighted by Gasteiger charge is 2.15. The van der Waals surface area contributed by atoms with Crippen molar-refractivity contribution in [1.82, 2.24) is 4.98 Å².